The summed E-state index contributed by atoms with van der Waals surface area (Å²) in [6.45, 7) is 8.30. The van der Waals surface area contributed by atoms with Gasteiger partial charge in [-0.1, -0.05) is 26.0 Å². The number of nitrogens with one attached hydrogen (secondary N) is 2. The zero-order chi connectivity index (χ0) is 63.2. The SMILES string of the molecule is CC1(C)C(/C=C/C2=C(CC3C[C@@H](C(=O)O)N(C(=O)c4ccc(NCc5cnc6nc(N)[nH]c(=O)c6n5)cc4)C3)C(=C/C=C3/N(CCCCS(=O)(=O)O)c4ccc(S(=O)(=O)O)cc4C3(C)C)/CCC2)=[N+](CCCCS(=O)(=O)O)c2ccc(S(=O)(=O)O)cc21. The van der Waals surface area contributed by atoms with E-state index in [4.69, 9.17) is 5.73 Å². The molecule has 2 aromatic heterocycles. The smallest absolute Gasteiger partial charge is 0.326 e. The fraction of sp³-hybridized carbons (Fsp3) is 0.397. The largest absolute Gasteiger partial charge is 0.480 e. The van der Waals surface area contributed by atoms with Gasteiger partial charge in [-0.25, -0.2) is 14.8 Å². The lowest BCUT2D eigenvalue weighted by Gasteiger charge is -2.28. The highest BCUT2D eigenvalue weighted by Crippen LogP contribution is 2.49. The minimum Gasteiger partial charge on any atom is -0.480 e. The first-order chi connectivity index (χ1) is 40.7. The molecule has 1 amide bonds. The number of benzene rings is 3. The highest BCUT2D eigenvalue weighted by molar-refractivity contribution is 7.86. The number of amides is 1. The van der Waals surface area contributed by atoms with Gasteiger partial charge in [0, 0.05) is 65.3 Å². The Morgan fingerprint density at radius 2 is 1.46 bits per heavy atom. The summed E-state index contributed by atoms with van der Waals surface area (Å²) >= 11 is 0. The van der Waals surface area contributed by atoms with Crippen molar-refractivity contribution in [2.75, 3.05) is 47.1 Å². The standard InChI is InChI=1S/C58H67N9O16S4/c1-57(2)44-30-41(86(78,79)80)18-20-46(44)65(24-5-7-26-84(72,73)74)49(57)22-14-36-10-9-11-37(15-23-50-58(3,4)45-31-42(87(81,82)83)19-21-47(45)66(50)25-6-8-27-85(75,76)77)43(36)28-35-29-48(55(70)71)67(34-35)54(69)38-12-16-39(17-13-38)60-32-40-33-61-52-51(62-40)53(68)64-56(59)63-52/h12-23,30-31,33,35,48H,5-11,24-29,32,34H2,1-4H3,(H8-,59,60,61,63,64,68,69,70,71,72,73,74,75,76,77,78,79,80,81,82,83)/p+1/t35?,48-/m0/s1. The van der Waals surface area contributed by atoms with Crippen LogP contribution in [0.4, 0.5) is 23.0 Å². The maximum absolute atomic E-state index is 14.5. The van der Waals surface area contributed by atoms with Crippen LogP contribution in [-0.4, -0.2) is 141 Å². The van der Waals surface area contributed by atoms with Gasteiger partial charge in [0.1, 0.15) is 12.6 Å². The average Bonchev–Trinajstić information content (AvgIpc) is 1.64. The maximum Gasteiger partial charge on any atom is 0.326 e. The molecule has 2 atom stereocenters. The third-order valence-electron chi connectivity index (χ3n) is 16.5. The van der Waals surface area contributed by atoms with Crippen LogP contribution in [0.2, 0.25) is 0 Å². The molecular formula is C58H68N9O16S4+. The number of hydrogen-bond donors (Lipinski definition) is 8. The molecule has 3 aliphatic heterocycles. The van der Waals surface area contributed by atoms with Gasteiger partial charge in [-0.15, -0.1) is 0 Å². The number of H-pyrrole nitrogens is 1. The molecule has 3 aromatic carbocycles. The van der Waals surface area contributed by atoms with Crippen LogP contribution >= 0.6 is 0 Å². The summed E-state index contributed by atoms with van der Waals surface area (Å²) in [7, 11) is -17.8. The van der Waals surface area contributed by atoms with Crippen LogP contribution < -0.4 is 21.5 Å². The second-order valence-corrected chi connectivity index (χ2v) is 29.2. The molecule has 29 heteroatoms. The van der Waals surface area contributed by atoms with E-state index in [2.05, 4.69) is 25.3 Å². The zero-order valence-electron chi connectivity index (χ0n) is 48.0. The molecule has 1 unspecified atom stereocenters. The van der Waals surface area contributed by atoms with E-state index in [0.717, 1.165) is 16.7 Å². The van der Waals surface area contributed by atoms with Crippen LogP contribution in [0.5, 0.6) is 0 Å². The van der Waals surface area contributed by atoms with Crippen molar-refractivity contribution in [2.24, 2.45) is 5.92 Å². The molecule has 0 saturated carbocycles. The molecular weight excluding hydrogens is 1210 g/mol. The van der Waals surface area contributed by atoms with Gasteiger partial charge in [0.05, 0.1) is 45.1 Å². The fourth-order valence-electron chi connectivity index (χ4n) is 12.2. The average molecular weight is 1280 g/mol. The second kappa shape index (κ2) is 24.6. The number of rotatable bonds is 22. The predicted octanol–water partition coefficient (Wildman–Crippen LogP) is 6.76. The van der Waals surface area contributed by atoms with Crippen molar-refractivity contribution >= 4 is 92.2 Å². The highest BCUT2D eigenvalue weighted by atomic mass is 32.2. The van der Waals surface area contributed by atoms with Crippen molar-refractivity contribution in [3.8, 4) is 0 Å². The van der Waals surface area contributed by atoms with Crippen LogP contribution in [0, 0.1) is 5.92 Å². The lowest BCUT2D eigenvalue weighted by molar-refractivity contribution is -0.438. The molecule has 0 radical (unpaired) electrons. The molecule has 464 valence electrons. The van der Waals surface area contributed by atoms with Gasteiger partial charge in [0.15, 0.2) is 16.9 Å². The Hall–Kier alpha value is -7.51. The first kappa shape index (κ1) is 64.0. The van der Waals surface area contributed by atoms with Crippen LogP contribution in [0.1, 0.15) is 113 Å². The second-order valence-electron chi connectivity index (χ2n) is 23.2. The number of aliphatic carboxylic acids is 1. The van der Waals surface area contributed by atoms with Crippen LogP contribution in [0.25, 0.3) is 11.2 Å². The Morgan fingerprint density at radius 3 is 2.11 bits per heavy atom. The molecule has 0 spiro atoms. The minimum atomic E-state index is -4.62. The normalized spacial score (nSPS) is 19.7. The van der Waals surface area contributed by atoms with E-state index >= 15 is 0 Å². The van der Waals surface area contributed by atoms with Gasteiger partial charge in [0.25, 0.3) is 51.9 Å². The van der Waals surface area contributed by atoms with E-state index in [1.807, 2.05) is 61.5 Å². The van der Waals surface area contributed by atoms with E-state index in [9.17, 15) is 71.4 Å². The number of aromatic amines is 1. The van der Waals surface area contributed by atoms with Gasteiger partial charge < -0.3 is 26.0 Å². The number of carbonyl (C=O) groups is 2. The van der Waals surface area contributed by atoms with Crippen molar-refractivity contribution in [1.29, 1.82) is 0 Å². The van der Waals surface area contributed by atoms with E-state index in [-0.39, 0.29) is 77.9 Å². The molecule has 87 heavy (non-hydrogen) atoms. The molecule has 5 aromatic rings. The van der Waals surface area contributed by atoms with Gasteiger partial charge in [-0.3, -0.25) is 32.8 Å². The Labute approximate surface area is 503 Å². The Balaban J connectivity index is 1.08. The number of carboxylic acids is 1. The third kappa shape index (κ3) is 14.4. The molecule has 1 fully saturated rings. The number of nitrogens with zero attached hydrogens (tertiary/aromatic N) is 6. The van der Waals surface area contributed by atoms with Crippen molar-refractivity contribution in [2.45, 2.75) is 119 Å². The fourth-order valence-corrected chi connectivity index (χ4v) is 14.3. The van der Waals surface area contributed by atoms with E-state index in [1.165, 1.54) is 35.4 Å². The number of carbonyl (C=O) groups excluding carboxylic acids is 1. The first-order valence-corrected chi connectivity index (χ1v) is 34.1. The summed E-state index contributed by atoms with van der Waals surface area (Å²) in [6, 6.07) is 13.8. The Bertz CT molecular complexity index is 4310. The lowest BCUT2D eigenvalue weighted by Crippen LogP contribution is -2.40. The van der Waals surface area contributed by atoms with Crippen LogP contribution in [0.15, 0.2) is 128 Å². The molecule has 1 aliphatic carbocycles. The number of hydrogen-bond acceptors (Lipinski definition) is 17. The molecule has 25 nitrogen and oxygen atoms in total. The van der Waals surface area contributed by atoms with E-state index in [1.54, 1.807) is 36.4 Å². The minimum absolute atomic E-state index is 0.00784. The molecule has 9 N–H and O–H groups in total. The summed E-state index contributed by atoms with van der Waals surface area (Å²) < 4.78 is 138. The van der Waals surface area contributed by atoms with Gasteiger partial charge in [-0.2, -0.15) is 43.2 Å². The number of nitrogen functional groups attached to an aromatic ring is 1. The quantitative estimate of drug-likeness (QED) is 0.0201. The van der Waals surface area contributed by atoms with Crippen molar-refractivity contribution in [3.63, 3.8) is 0 Å². The Kier molecular flexibility index (Phi) is 18.1. The first-order valence-electron chi connectivity index (χ1n) is 28.0. The molecule has 1 saturated heterocycles. The number of anilines is 3. The van der Waals surface area contributed by atoms with Crippen LogP contribution in [-0.2, 0) is 62.6 Å². The monoisotopic (exact) mass is 1270 g/mol. The molecule has 5 heterocycles. The van der Waals surface area contributed by atoms with Crippen molar-refractivity contribution in [3.05, 3.63) is 146 Å². The number of unbranched alkanes of at least 4 members (excludes halogenated alkanes) is 2. The predicted molar refractivity (Wildman–Crippen MR) is 325 cm³/mol. The van der Waals surface area contributed by atoms with Gasteiger partial charge in [0.2, 0.25) is 11.6 Å². The molecule has 0 bridgehead atoms. The number of carboxylic acid groups (broad SMARTS) is 1. The summed E-state index contributed by atoms with van der Waals surface area (Å²) in [6.07, 6.45) is 12.2. The van der Waals surface area contributed by atoms with Crippen molar-refractivity contribution < 1.29 is 71.2 Å². The lowest BCUT2D eigenvalue weighted by atomic mass is 9.79. The van der Waals surface area contributed by atoms with Gasteiger partial charge >= 0.3 is 5.97 Å². The summed E-state index contributed by atoms with van der Waals surface area (Å²) in [5, 5.41) is 13.9. The van der Waals surface area contributed by atoms with E-state index < -0.39 is 92.2 Å². The summed E-state index contributed by atoms with van der Waals surface area (Å²) in [4.78, 5) is 57.6. The van der Waals surface area contributed by atoms with Gasteiger partial charge in [-0.05, 0) is 154 Å². The number of nitrogens with two attached hydrogens (primary N) is 1. The zero-order valence-corrected chi connectivity index (χ0v) is 51.3. The van der Waals surface area contributed by atoms with Crippen LogP contribution in [0.3, 0.4) is 0 Å². The number of likely N-dealkylation sites (tertiary alicyclic amines) is 1. The third-order valence-corrected chi connectivity index (χ3v) is 19.8. The summed E-state index contributed by atoms with van der Waals surface area (Å²) in [5.41, 5.74) is 11.0. The topological polar surface area (TPSA) is 391 Å². The maximum atomic E-state index is 14.5. The molecule has 9 rings (SSSR count). The summed E-state index contributed by atoms with van der Waals surface area (Å²) in [5.74, 6) is -3.15. The number of fused-ring (bicyclic) bond motifs is 3. The molecule has 4 aliphatic rings. The van der Waals surface area contributed by atoms with Crippen molar-refractivity contribution in [1.82, 2.24) is 24.8 Å². The number of allylic oxidation sites excluding steroid dienone is 8. The van der Waals surface area contributed by atoms with E-state index in [0.29, 0.717) is 83.8 Å². The Morgan fingerprint density at radius 1 is 0.805 bits per heavy atom. The highest BCUT2D eigenvalue weighted by Gasteiger charge is 2.46. The number of aromatic nitrogens is 4.